The molecule has 0 aliphatic rings. The minimum atomic E-state index is -3.74. The van der Waals surface area contributed by atoms with Gasteiger partial charge in [-0.3, -0.25) is 9.59 Å². The van der Waals surface area contributed by atoms with Crippen molar-refractivity contribution in [2.45, 2.75) is 25.8 Å². The number of carbonyl (C=O) groups is 1. The second-order valence-electron chi connectivity index (χ2n) is 8.03. The summed E-state index contributed by atoms with van der Waals surface area (Å²) in [5, 5.41) is 15.4. The van der Waals surface area contributed by atoms with Crippen LogP contribution >= 0.6 is 0 Å². The van der Waals surface area contributed by atoms with Crippen LogP contribution in [0.25, 0.3) is 16.8 Å². The summed E-state index contributed by atoms with van der Waals surface area (Å²) in [6.07, 6.45) is 1.53. The number of amides is 1. The maximum Gasteiger partial charge on any atom is 0.294 e. The lowest BCUT2D eigenvalue weighted by atomic mass is 10.0. The van der Waals surface area contributed by atoms with Crippen LogP contribution in [0.15, 0.2) is 59.5 Å². The highest BCUT2D eigenvalue weighted by Gasteiger charge is 2.41. The summed E-state index contributed by atoms with van der Waals surface area (Å²) in [4.78, 5) is 28.1. The number of aliphatic hydroxyl groups is 1. The number of nitrogens with one attached hydrogen (secondary N) is 2. The fourth-order valence-electron chi connectivity index (χ4n) is 3.55. The van der Waals surface area contributed by atoms with Gasteiger partial charge in [0.2, 0.25) is 0 Å². The third kappa shape index (κ3) is 4.44. The Kier molecular flexibility index (Phi) is 6.01. The molecule has 0 aliphatic heterocycles. The van der Waals surface area contributed by atoms with Crippen LogP contribution in [-0.2, 0) is 0 Å². The topological polar surface area (TPSA) is 99.5 Å². The first kappa shape index (κ1) is 23.2. The molecule has 0 saturated heterocycles. The van der Waals surface area contributed by atoms with Gasteiger partial charge in [0, 0.05) is 6.07 Å². The van der Waals surface area contributed by atoms with Gasteiger partial charge < -0.3 is 15.4 Å². The molecule has 0 bridgehead atoms. The van der Waals surface area contributed by atoms with Gasteiger partial charge in [-0.1, -0.05) is 24.3 Å². The molecular weight excluding hydrogens is 449 g/mol. The summed E-state index contributed by atoms with van der Waals surface area (Å²) in [6, 6.07) is 9.00. The molecule has 3 N–H and O–H groups in total. The van der Waals surface area contributed by atoms with E-state index in [0.717, 1.165) is 41.0 Å². The highest BCUT2D eigenvalue weighted by Crippen LogP contribution is 2.31. The van der Waals surface area contributed by atoms with Gasteiger partial charge in [0.1, 0.15) is 24.0 Å². The summed E-state index contributed by atoms with van der Waals surface area (Å²) in [5.41, 5.74) is 2.46. The Labute approximate surface area is 191 Å². The normalized spacial score (nSPS) is 12.6. The number of carbonyl (C=O) groups excluding carboxylic acids is 1. The molecule has 0 aliphatic carbocycles. The Bertz CT molecular complexity index is 1430. The van der Waals surface area contributed by atoms with Crippen molar-refractivity contribution >= 4 is 11.4 Å². The van der Waals surface area contributed by atoms with Crippen molar-refractivity contribution in [3.8, 4) is 11.3 Å². The van der Waals surface area contributed by atoms with Crippen LogP contribution in [0.5, 0.6) is 0 Å². The molecule has 2 heterocycles. The van der Waals surface area contributed by atoms with Crippen molar-refractivity contribution < 1.29 is 23.1 Å². The minimum absolute atomic E-state index is 0.0463. The Balaban J connectivity index is 1.69. The monoisotopic (exact) mass is 470 g/mol. The van der Waals surface area contributed by atoms with E-state index in [-0.39, 0.29) is 16.8 Å². The molecule has 4 rings (SSSR count). The van der Waals surface area contributed by atoms with Crippen LogP contribution in [0.1, 0.15) is 33.2 Å². The van der Waals surface area contributed by atoms with E-state index >= 15 is 0 Å². The molecule has 2 aromatic heterocycles. The highest BCUT2D eigenvalue weighted by atomic mass is 19.3. The molecule has 10 heteroatoms. The number of H-pyrrole nitrogens is 1. The fraction of sp³-hybridized carbons (Fsp3) is 0.208. The third-order valence-corrected chi connectivity index (χ3v) is 5.63. The van der Waals surface area contributed by atoms with Crippen LogP contribution in [-0.4, -0.2) is 38.1 Å². The van der Waals surface area contributed by atoms with Crippen LogP contribution in [0.3, 0.4) is 0 Å². The largest absolute Gasteiger partial charge is 0.390 e. The lowest BCUT2D eigenvalue weighted by molar-refractivity contribution is -0.0786. The molecule has 34 heavy (non-hydrogen) atoms. The summed E-state index contributed by atoms with van der Waals surface area (Å²) in [6.45, 7) is 2.36. The van der Waals surface area contributed by atoms with Crippen molar-refractivity contribution in [2.24, 2.45) is 0 Å². The first-order valence-electron chi connectivity index (χ1n) is 10.3. The van der Waals surface area contributed by atoms with E-state index in [2.05, 4.69) is 15.4 Å². The Hall–Kier alpha value is -3.92. The molecule has 7 nitrogen and oxygen atoms in total. The number of halogens is 3. The summed E-state index contributed by atoms with van der Waals surface area (Å²) >= 11 is 0. The summed E-state index contributed by atoms with van der Waals surface area (Å²) in [5.74, 6) is -5.36. The molecule has 1 amide bonds. The predicted molar refractivity (Wildman–Crippen MR) is 119 cm³/mol. The third-order valence-electron chi connectivity index (χ3n) is 5.63. The Morgan fingerprint density at radius 1 is 1.15 bits per heavy atom. The Morgan fingerprint density at radius 3 is 2.50 bits per heavy atom. The first-order chi connectivity index (χ1) is 16.1. The number of fused-ring (bicyclic) bond motifs is 1. The number of hydrogen-bond donors (Lipinski definition) is 3. The van der Waals surface area contributed by atoms with E-state index in [1.807, 2.05) is 32.0 Å². The molecule has 176 valence electrons. The van der Waals surface area contributed by atoms with Gasteiger partial charge in [0.25, 0.3) is 17.4 Å². The second-order valence-corrected chi connectivity index (χ2v) is 8.03. The van der Waals surface area contributed by atoms with Gasteiger partial charge in [-0.05, 0) is 54.3 Å². The number of rotatable bonds is 6. The summed E-state index contributed by atoms with van der Waals surface area (Å²) in [7, 11) is 0. The zero-order valence-corrected chi connectivity index (χ0v) is 18.3. The maximum absolute atomic E-state index is 14.4. The van der Waals surface area contributed by atoms with Crippen LogP contribution in [0.4, 0.5) is 13.2 Å². The highest BCUT2D eigenvalue weighted by molar-refractivity contribution is 5.93. The number of aromatic nitrogens is 3. The number of aromatic amines is 1. The smallest absolute Gasteiger partial charge is 0.294 e. The molecular formula is C24H21F3N4O3. The second kappa shape index (κ2) is 8.79. The van der Waals surface area contributed by atoms with E-state index < -0.39 is 35.9 Å². The van der Waals surface area contributed by atoms with Crippen molar-refractivity contribution in [2.75, 3.05) is 6.61 Å². The number of aliphatic hydroxyl groups excluding tert-OH is 1. The minimum Gasteiger partial charge on any atom is -0.390 e. The number of benzene rings is 2. The van der Waals surface area contributed by atoms with E-state index in [4.69, 9.17) is 5.11 Å². The van der Waals surface area contributed by atoms with Crippen LogP contribution < -0.4 is 10.9 Å². The number of aryl methyl sites for hydroxylation is 2. The van der Waals surface area contributed by atoms with E-state index in [1.54, 1.807) is 0 Å². The lowest BCUT2D eigenvalue weighted by Crippen LogP contribution is -2.43. The van der Waals surface area contributed by atoms with E-state index in [1.165, 1.54) is 16.8 Å². The zero-order valence-electron chi connectivity index (χ0n) is 18.3. The van der Waals surface area contributed by atoms with Crippen molar-refractivity contribution in [3.63, 3.8) is 0 Å². The van der Waals surface area contributed by atoms with Gasteiger partial charge in [0.05, 0.1) is 11.9 Å². The van der Waals surface area contributed by atoms with Crippen LogP contribution in [0, 0.1) is 19.7 Å². The van der Waals surface area contributed by atoms with Crippen LogP contribution in [0.2, 0.25) is 0 Å². The van der Waals surface area contributed by atoms with Gasteiger partial charge in [0.15, 0.2) is 5.69 Å². The first-order valence-corrected chi connectivity index (χ1v) is 10.3. The Morgan fingerprint density at radius 2 is 1.85 bits per heavy atom. The molecule has 0 saturated carbocycles. The average molecular weight is 470 g/mol. The SMILES string of the molecule is Cc1ccc(-c2cn3nc(C(=O)NC(c4ccc(F)cc4)C(F)(F)CO)cc3c(=O)[nH]2)cc1C. The lowest BCUT2D eigenvalue weighted by Gasteiger charge is -2.26. The molecule has 0 fully saturated rings. The van der Waals surface area contributed by atoms with E-state index in [0.29, 0.717) is 5.69 Å². The van der Waals surface area contributed by atoms with E-state index in [9.17, 15) is 22.8 Å². The molecule has 4 aromatic rings. The van der Waals surface area contributed by atoms with Crippen molar-refractivity contribution in [1.82, 2.24) is 19.9 Å². The zero-order chi connectivity index (χ0) is 24.6. The summed E-state index contributed by atoms with van der Waals surface area (Å²) < 4.78 is 43.3. The molecule has 0 radical (unpaired) electrons. The molecule has 2 aromatic carbocycles. The van der Waals surface area contributed by atoms with Crippen molar-refractivity contribution in [3.05, 3.63) is 93.3 Å². The van der Waals surface area contributed by atoms with Gasteiger partial charge in [-0.15, -0.1) is 0 Å². The van der Waals surface area contributed by atoms with Gasteiger partial charge >= 0.3 is 0 Å². The number of nitrogens with zero attached hydrogens (tertiary/aromatic N) is 2. The van der Waals surface area contributed by atoms with Gasteiger partial charge in [-0.2, -0.15) is 5.10 Å². The molecule has 0 spiro atoms. The fourth-order valence-corrected chi connectivity index (χ4v) is 3.55. The molecule has 1 atom stereocenters. The molecule has 1 unspecified atom stereocenters. The number of hydrogen-bond acceptors (Lipinski definition) is 4. The standard InChI is InChI=1S/C24H21F3N4O3/c1-13-3-4-16(9-14(13)2)19-11-31-20(23(34)28-19)10-18(30-31)22(33)29-21(24(26,27)12-32)15-5-7-17(25)8-6-15/h3-11,21,32H,12H2,1-2H3,(H,28,34)(H,29,33). The number of alkyl halides is 2. The average Bonchev–Trinajstić information content (AvgIpc) is 3.25. The maximum atomic E-state index is 14.4. The predicted octanol–water partition coefficient (Wildman–Crippen LogP) is 3.54. The van der Waals surface area contributed by atoms with Gasteiger partial charge in [-0.25, -0.2) is 17.7 Å². The van der Waals surface area contributed by atoms with Crippen molar-refractivity contribution in [1.29, 1.82) is 0 Å². The quantitative estimate of drug-likeness (QED) is 0.401.